The van der Waals surface area contributed by atoms with Gasteiger partial charge in [0.25, 0.3) is 0 Å². The fourth-order valence-electron chi connectivity index (χ4n) is 2.89. The van der Waals surface area contributed by atoms with E-state index < -0.39 is 0 Å². The number of hydrogen-bond donors (Lipinski definition) is 0. The smallest absolute Gasteiger partial charge is 0.230 e. The third kappa shape index (κ3) is 2.52. The maximum atomic E-state index is 13.1. The van der Waals surface area contributed by atoms with Crippen molar-refractivity contribution < 1.29 is 13.6 Å². The lowest BCUT2D eigenvalue weighted by Gasteiger charge is -2.05. The van der Waals surface area contributed by atoms with Gasteiger partial charge in [0, 0.05) is 23.6 Å². The Morgan fingerprint density at radius 1 is 1.00 bits per heavy atom. The highest BCUT2D eigenvalue weighted by Gasteiger charge is 2.18. The highest BCUT2D eigenvalue weighted by atomic mass is 19.1. The van der Waals surface area contributed by atoms with Gasteiger partial charge in [-0.25, -0.2) is 4.39 Å². The van der Waals surface area contributed by atoms with Crippen LogP contribution in [-0.2, 0) is 6.54 Å². The second-order valence-corrected chi connectivity index (χ2v) is 5.62. The molecule has 4 heteroatoms. The molecule has 0 aliphatic rings. The van der Waals surface area contributed by atoms with Crippen LogP contribution in [0.3, 0.4) is 0 Å². The lowest BCUT2D eigenvalue weighted by atomic mass is 10.1. The highest BCUT2D eigenvalue weighted by Crippen LogP contribution is 2.25. The van der Waals surface area contributed by atoms with Gasteiger partial charge in [-0.05, 0) is 35.9 Å². The first kappa shape index (κ1) is 14.5. The Labute approximate surface area is 137 Å². The summed E-state index contributed by atoms with van der Waals surface area (Å²) in [4.78, 5) is 12.7. The van der Waals surface area contributed by atoms with Gasteiger partial charge in [0.2, 0.25) is 5.78 Å². The summed E-state index contributed by atoms with van der Waals surface area (Å²) < 4.78 is 20.3. The number of carbonyl (C=O) groups is 1. The van der Waals surface area contributed by atoms with Crippen LogP contribution < -0.4 is 0 Å². The minimum absolute atomic E-state index is 0.144. The summed E-state index contributed by atoms with van der Waals surface area (Å²) in [6.45, 7) is 0.562. The number of hydrogen-bond acceptors (Lipinski definition) is 2. The minimum Gasteiger partial charge on any atom is -0.461 e. The average molecular weight is 319 g/mol. The van der Waals surface area contributed by atoms with E-state index in [9.17, 15) is 9.18 Å². The number of halogens is 1. The number of benzene rings is 2. The fraction of sp³-hybridized carbons (Fsp3) is 0.0500. The molecule has 0 spiro atoms. The van der Waals surface area contributed by atoms with E-state index in [1.807, 2.05) is 35.0 Å². The number of nitrogens with zero attached hydrogens (tertiary/aromatic N) is 1. The van der Waals surface area contributed by atoms with Crippen molar-refractivity contribution in [3.05, 3.63) is 95.8 Å². The summed E-state index contributed by atoms with van der Waals surface area (Å²) >= 11 is 0. The predicted octanol–water partition coefficient (Wildman–Crippen LogP) is 4.65. The third-order valence-corrected chi connectivity index (χ3v) is 4.04. The van der Waals surface area contributed by atoms with Crippen molar-refractivity contribution >= 4 is 16.7 Å². The van der Waals surface area contributed by atoms with Gasteiger partial charge < -0.3 is 8.98 Å². The van der Waals surface area contributed by atoms with E-state index in [2.05, 4.69) is 0 Å². The molecular weight excluding hydrogens is 305 g/mol. The monoisotopic (exact) mass is 319 g/mol. The lowest BCUT2D eigenvalue weighted by Crippen LogP contribution is -2.00. The molecule has 0 bridgehead atoms. The standard InChI is InChI=1S/C20H14FNO2/c21-15-9-7-14(8-10-15)12-22-13-17(16-4-1-2-5-18(16)22)20(23)19-6-3-11-24-19/h1-11,13H,12H2. The number of furan rings is 1. The van der Waals surface area contributed by atoms with Gasteiger partial charge in [-0.1, -0.05) is 30.3 Å². The Bertz CT molecular complexity index is 998. The molecule has 118 valence electrons. The molecule has 0 aliphatic heterocycles. The van der Waals surface area contributed by atoms with Crippen LogP contribution in [0.2, 0.25) is 0 Å². The second kappa shape index (κ2) is 5.81. The van der Waals surface area contributed by atoms with Crippen LogP contribution in [0.4, 0.5) is 4.39 Å². The van der Waals surface area contributed by atoms with Gasteiger partial charge in [-0.15, -0.1) is 0 Å². The van der Waals surface area contributed by atoms with E-state index in [4.69, 9.17) is 4.42 Å². The van der Waals surface area contributed by atoms with E-state index >= 15 is 0 Å². The van der Waals surface area contributed by atoms with Crippen LogP contribution in [0, 0.1) is 5.82 Å². The number of aromatic nitrogens is 1. The molecule has 0 aliphatic carbocycles. The number of fused-ring (bicyclic) bond motifs is 1. The SMILES string of the molecule is O=C(c1ccco1)c1cn(Cc2ccc(F)cc2)c2ccccc12. The van der Waals surface area contributed by atoms with Crippen LogP contribution >= 0.6 is 0 Å². The van der Waals surface area contributed by atoms with Crippen molar-refractivity contribution in [2.24, 2.45) is 0 Å². The highest BCUT2D eigenvalue weighted by molar-refractivity contribution is 6.15. The van der Waals surface area contributed by atoms with E-state index in [-0.39, 0.29) is 11.6 Å². The summed E-state index contributed by atoms with van der Waals surface area (Å²) in [7, 11) is 0. The molecule has 2 heterocycles. The van der Waals surface area contributed by atoms with E-state index in [1.165, 1.54) is 18.4 Å². The Hall–Kier alpha value is -3.14. The fourth-order valence-corrected chi connectivity index (χ4v) is 2.89. The van der Waals surface area contributed by atoms with Crippen molar-refractivity contribution in [2.45, 2.75) is 6.54 Å². The molecular formula is C20H14FNO2. The van der Waals surface area contributed by atoms with E-state index in [0.717, 1.165) is 16.5 Å². The van der Waals surface area contributed by atoms with Crippen LogP contribution in [0.25, 0.3) is 10.9 Å². The number of para-hydroxylation sites is 1. The molecule has 2 aromatic carbocycles. The summed E-state index contributed by atoms with van der Waals surface area (Å²) in [5, 5.41) is 0.876. The maximum Gasteiger partial charge on any atom is 0.230 e. The largest absolute Gasteiger partial charge is 0.461 e. The predicted molar refractivity (Wildman–Crippen MR) is 89.6 cm³/mol. The van der Waals surface area contributed by atoms with Gasteiger partial charge in [0.1, 0.15) is 5.82 Å². The first-order valence-corrected chi connectivity index (χ1v) is 7.63. The zero-order chi connectivity index (χ0) is 16.5. The molecule has 3 nitrogen and oxygen atoms in total. The molecule has 0 saturated heterocycles. The molecule has 4 aromatic rings. The zero-order valence-electron chi connectivity index (χ0n) is 12.8. The average Bonchev–Trinajstić information content (AvgIpc) is 3.25. The van der Waals surface area contributed by atoms with Crippen molar-refractivity contribution in [1.82, 2.24) is 4.57 Å². The molecule has 24 heavy (non-hydrogen) atoms. The van der Waals surface area contributed by atoms with Crippen molar-refractivity contribution in [1.29, 1.82) is 0 Å². The molecule has 0 fully saturated rings. The van der Waals surface area contributed by atoms with Crippen LogP contribution in [0.15, 0.2) is 77.5 Å². The molecule has 4 rings (SSSR count). The normalized spacial score (nSPS) is 11.0. The van der Waals surface area contributed by atoms with Crippen molar-refractivity contribution in [3.8, 4) is 0 Å². The van der Waals surface area contributed by atoms with Gasteiger partial charge in [0.15, 0.2) is 5.76 Å². The molecule has 0 amide bonds. The number of ketones is 1. The molecule has 2 aromatic heterocycles. The van der Waals surface area contributed by atoms with Gasteiger partial charge >= 0.3 is 0 Å². The number of rotatable bonds is 4. The van der Waals surface area contributed by atoms with Gasteiger partial charge in [-0.3, -0.25) is 4.79 Å². The Morgan fingerprint density at radius 2 is 1.79 bits per heavy atom. The lowest BCUT2D eigenvalue weighted by molar-refractivity contribution is 0.101. The van der Waals surface area contributed by atoms with E-state index in [1.54, 1.807) is 24.3 Å². The Balaban J connectivity index is 1.79. The Kier molecular flexibility index (Phi) is 3.50. The maximum absolute atomic E-state index is 13.1. The molecule has 0 atom stereocenters. The zero-order valence-corrected chi connectivity index (χ0v) is 12.8. The first-order valence-electron chi connectivity index (χ1n) is 7.63. The molecule has 0 radical (unpaired) electrons. The summed E-state index contributed by atoms with van der Waals surface area (Å²) in [6, 6.07) is 17.5. The summed E-state index contributed by atoms with van der Waals surface area (Å²) in [5.41, 5.74) is 2.52. The van der Waals surface area contributed by atoms with Crippen LogP contribution in [0.5, 0.6) is 0 Å². The Morgan fingerprint density at radius 3 is 2.54 bits per heavy atom. The van der Waals surface area contributed by atoms with Crippen molar-refractivity contribution in [3.63, 3.8) is 0 Å². The van der Waals surface area contributed by atoms with E-state index in [0.29, 0.717) is 17.9 Å². The quantitative estimate of drug-likeness (QED) is 0.513. The van der Waals surface area contributed by atoms with Gasteiger partial charge in [-0.2, -0.15) is 0 Å². The first-order chi connectivity index (χ1) is 11.7. The van der Waals surface area contributed by atoms with Crippen LogP contribution in [-0.4, -0.2) is 10.4 Å². The number of carbonyl (C=O) groups excluding carboxylic acids is 1. The summed E-state index contributed by atoms with van der Waals surface area (Å²) in [6.07, 6.45) is 3.32. The molecule has 0 saturated carbocycles. The molecule has 0 unspecified atom stereocenters. The van der Waals surface area contributed by atoms with Gasteiger partial charge in [0.05, 0.1) is 11.8 Å². The minimum atomic E-state index is -0.259. The topological polar surface area (TPSA) is 35.1 Å². The third-order valence-electron chi connectivity index (χ3n) is 4.04. The second-order valence-electron chi connectivity index (χ2n) is 5.62. The van der Waals surface area contributed by atoms with Crippen LogP contribution in [0.1, 0.15) is 21.7 Å². The molecule has 0 N–H and O–H groups in total. The van der Waals surface area contributed by atoms with Crippen molar-refractivity contribution in [2.75, 3.05) is 0 Å². The summed E-state index contributed by atoms with van der Waals surface area (Å²) in [5.74, 6) is -0.0847.